The zero-order valence-corrected chi connectivity index (χ0v) is 9.71. The number of nitrogen functional groups attached to an aromatic ring is 1. The molecule has 0 spiro atoms. The van der Waals surface area contributed by atoms with Crippen molar-refractivity contribution in [3.63, 3.8) is 0 Å². The van der Waals surface area contributed by atoms with E-state index in [9.17, 15) is 4.39 Å². The number of nitrogens with two attached hydrogens (primary N) is 1. The van der Waals surface area contributed by atoms with Crippen LogP contribution in [0.15, 0.2) is 36.5 Å². The predicted molar refractivity (Wildman–Crippen MR) is 67.4 cm³/mol. The van der Waals surface area contributed by atoms with Crippen LogP contribution in [0.1, 0.15) is 5.56 Å². The summed E-state index contributed by atoms with van der Waals surface area (Å²) in [7, 11) is 0. The third kappa shape index (κ3) is 2.85. The summed E-state index contributed by atoms with van der Waals surface area (Å²) in [5.74, 6) is 0.0111. The normalized spacial score (nSPS) is 10.2. The maximum Gasteiger partial charge on any atom is 0.146 e. The number of benzene rings is 1. The van der Waals surface area contributed by atoms with Gasteiger partial charge in [-0.05, 0) is 29.8 Å². The Morgan fingerprint density at radius 2 is 2.18 bits per heavy atom. The smallest absolute Gasteiger partial charge is 0.146 e. The molecule has 17 heavy (non-hydrogen) atoms. The Kier molecular flexibility index (Phi) is 3.44. The summed E-state index contributed by atoms with van der Waals surface area (Å²) < 4.78 is 12.9. The zero-order chi connectivity index (χ0) is 12.3. The fourth-order valence-electron chi connectivity index (χ4n) is 1.41. The predicted octanol–water partition coefficient (Wildman–Crippen LogP) is 3.07. The van der Waals surface area contributed by atoms with Crippen molar-refractivity contribution in [2.24, 2.45) is 0 Å². The lowest BCUT2D eigenvalue weighted by molar-refractivity contribution is 0.627. The van der Waals surface area contributed by atoms with Crippen LogP contribution in [0.5, 0.6) is 0 Å². The first-order valence-corrected chi connectivity index (χ1v) is 5.43. The Morgan fingerprint density at radius 1 is 1.35 bits per heavy atom. The van der Waals surface area contributed by atoms with E-state index < -0.39 is 5.82 Å². The van der Waals surface area contributed by atoms with E-state index in [2.05, 4.69) is 10.3 Å². The SMILES string of the molecule is Nc1ncccc1NCc1ccc(F)c(Cl)c1. The highest BCUT2D eigenvalue weighted by Gasteiger charge is 2.02. The van der Waals surface area contributed by atoms with Crippen molar-refractivity contribution in [1.29, 1.82) is 0 Å². The fourth-order valence-corrected chi connectivity index (χ4v) is 1.62. The van der Waals surface area contributed by atoms with Crippen LogP contribution >= 0.6 is 11.6 Å². The second kappa shape index (κ2) is 5.01. The average molecular weight is 252 g/mol. The number of anilines is 2. The van der Waals surface area contributed by atoms with Gasteiger partial charge in [-0.2, -0.15) is 0 Å². The lowest BCUT2D eigenvalue weighted by Gasteiger charge is -2.08. The first-order valence-electron chi connectivity index (χ1n) is 5.05. The van der Waals surface area contributed by atoms with Gasteiger partial charge < -0.3 is 11.1 Å². The third-order valence-corrected chi connectivity index (χ3v) is 2.60. The van der Waals surface area contributed by atoms with Crippen LogP contribution in [0.3, 0.4) is 0 Å². The topological polar surface area (TPSA) is 50.9 Å². The summed E-state index contributed by atoms with van der Waals surface area (Å²) in [6.07, 6.45) is 1.62. The number of nitrogens with zero attached hydrogens (tertiary/aromatic N) is 1. The van der Waals surface area contributed by atoms with E-state index in [0.29, 0.717) is 12.4 Å². The Balaban J connectivity index is 2.08. The van der Waals surface area contributed by atoms with Gasteiger partial charge in [0.25, 0.3) is 0 Å². The monoisotopic (exact) mass is 251 g/mol. The van der Waals surface area contributed by atoms with Crippen molar-refractivity contribution in [2.45, 2.75) is 6.54 Å². The highest BCUT2D eigenvalue weighted by atomic mass is 35.5. The molecule has 0 radical (unpaired) electrons. The van der Waals surface area contributed by atoms with E-state index in [4.69, 9.17) is 17.3 Å². The second-order valence-electron chi connectivity index (χ2n) is 3.54. The molecule has 2 aromatic rings. The molecular weight excluding hydrogens is 241 g/mol. The second-order valence-corrected chi connectivity index (χ2v) is 3.95. The third-order valence-electron chi connectivity index (χ3n) is 2.31. The summed E-state index contributed by atoms with van der Waals surface area (Å²) >= 11 is 5.69. The van der Waals surface area contributed by atoms with E-state index in [0.717, 1.165) is 11.3 Å². The van der Waals surface area contributed by atoms with E-state index in [1.54, 1.807) is 24.4 Å². The molecule has 5 heteroatoms. The van der Waals surface area contributed by atoms with Crippen LogP contribution in [-0.4, -0.2) is 4.98 Å². The summed E-state index contributed by atoms with van der Waals surface area (Å²) in [5, 5.41) is 3.22. The van der Waals surface area contributed by atoms with E-state index in [1.165, 1.54) is 6.07 Å². The molecule has 0 aliphatic rings. The van der Waals surface area contributed by atoms with Gasteiger partial charge in [-0.1, -0.05) is 17.7 Å². The van der Waals surface area contributed by atoms with Gasteiger partial charge in [-0.3, -0.25) is 0 Å². The van der Waals surface area contributed by atoms with Gasteiger partial charge in [0.1, 0.15) is 11.6 Å². The quantitative estimate of drug-likeness (QED) is 0.882. The van der Waals surface area contributed by atoms with Crippen molar-refractivity contribution in [3.8, 4) is 0 Å². The molecule has 2 rings (SSSR count). The maximum atomic E-state index is 12.9. The van der Waals surface area contributed by atoms with Crippen LogP contribution in [0.2, 0.25) is 5.02 Å². The van der Waals surface area contributed by atoms with Crippen molar-refractivity contribution in [2.75, 3.05) is 11.1 Å². The average Bonchev–Trinajstić information content (AvgIpc) is 2.32. The van der Waals surface area contributed by atoms with E-state index in [-0.39, 0.29) is 5.02 Å². The van der Waals surface area contributed by atoms with Gasteiger partial charge in [-0.15, -0.1) is 0 Å². The first-order chi connectivity index (χ1) is 8.16. The summed E-state index contributed by atoms with van der Waals surface area (Å²) in [6, 6.07) is 8.20. The molecular formula is C12H11ClFN3. The van der Waals surface area contributed by atoms with E-state index >= 15 is 0 Å². The minimum Gasteiger partial charge on any atom is -0.382 e. The molecule has 1 aromatic heterocycles. The molecule has 0 aliphatic carbocycles. The van der Waals surface area contributed by atoms with E-state index in [1.807, 2.05) is 6.07 Å². The van der Waals surface area contributed by atoms with Crippen molar-refractivity contribution in [1.82, 2.24) is 4.98 Å². The molecule has 3 N–H and O–H groups in total. The van der Waals surface area contributed by atoms with Gasteiger partial charge in [0.15, 0.2) is 0 Å². The molecule has 1 heterocycles. The van der Waals surface area contributed by atoms with Crippen molar-refractivity contribution >= 4 is 23.1 Å². The van der Waals surface area contributed by atoms with Crippen LogP contribution in [-0.2, 0) is 6.54 Å². The fraction of sp³-hybridized carbons (Fsp3) is 0.0833. The number of hydrogen-bond acceptors (Lipinski definition) is 3. The minimum atomic E-state index is -0.420. The lowest BCUT2D eigenvalue weighted by Crippen LogP contribution is -2.03. The maximum absolute atomic E-state index is 12.9. The minimum absolute atomic E-state index is 0.114. The number of hydrogen-bond donors (Lipinski definition) is 2. The number of nitrogens with one attached hydrogen (secondary N) is 1. The molecule has 3 nitrogen and oxygen atoms in total. The number of rotatable bonds is 3. The van der Waals surface area contributed by atoms with Crippen molar-refractivity contribution in [3.05, 3.63) is 52.9 Å². The zero-order valence-electron chi connectivity index (χ0n) is 8.95. The molecule has 0 aliphatic heterocycles. The van der Waals surface area contributed by atoms with Crippen LogP contribution in [0.4, 0.5) is 15.9 Å². The Hall–Kier alpha value is -1.81. The van der Waals surface area contributed by atoms with Crippen molar-refractivity contribution < 1.29 is 4.39 Å². The van der Waals surface area contributed by atoms with Gasteiger partial charge in [0.05, 0.1) is 10.7 Å². The molecule has 0 unspecified atom stereocenters. The van der Waals surface area contributed by atoms with Gasteiger partial charge >= 0.3 is 0 Å². The first kappa shape index (κ1) is 11.7. The number of pyridine rings is 1. The Bertz CT molecular complexity index is 531. The summed E-state index contributed by atoms with van der Waals surface area (Å²) in [5.41, 5.74) is 7.30. The lowest BCUT2D eigenvalue weighted by atomic mass is 10.2. The van der Waals surface area contributed by atoms with Crippen LogP contribution in [0.25, 0.3) is 0 Å². The highest BCUT2D eigenvalue weighted by Crippen LogP contribution is 2.18. The summed E-state index contributed by atoms with van der Waals surface area (Å²) in [6.45, 7) is 0.510. The van der Waals surface area contributed by atoms with Gasteiger partial charge in [-0.25, -0.2) is 9.37 Å². The molecule has 0 amide bonds. The largest absolute Gasteiger partial charge is 0.382 e. The Morgan fingerprint density at radius 3 is 2.88 bits per heavy atom. The molecule has 1 aromatic carbocycles. The molecule has 0 fully saturated rings. The highest BCUT2D eigenvalue weighted by molar-refractivity contribution is 6.30. The number of aromatic nitrogens is 1. The molecule has 0 bridgehead atoms. The van der Waals surface area contributed by atoms with Crippen LogP contribution < -0.4 is 11.1 Å². The van der Waals surface area contributed by atoms with Gasteiger partial charge in [0, 0.05) is 12.7 Å². The standard InChI is InChI=1S/C12H11ClFN3/c13-9-6-8(3-4-10(9)14)7-17-11-2-1-5-16-12(11)15/h1-6,17H,7H2,(H2,15,16). The molecule has 0 saturated carbocycles. The molecule has 0 saturated heterocycles. The number of halogens is 2. The van der Waals surface area contributed by atoms with Crippen LogP contribution in [0, 0.1) is 5.82 Å². The Labute approximate surface area is 103 Å². The summed E-state index contributed by atoms with van der Waals surface area (Å²) in [4.78, 5) is 3.95. The van der Waals surface area contributed by atoms with Gasteiger partial charge in [0.2, 0.25) is 0 Å². The molecule has 88 valence electrons. The molecule has 0 atom stereocenters.